The van der Waals surface area contributed by atoms with Crippen LogP contribution in [0.4, 0.5) is 0 Å². The second kappa shape index (κ2) is 4.97. The molecule has 0 aliphatic heterocycles. The Morgan fingerprint density at radius 3 is 1.23 bits per heavy atom. The predicted octanol–water partition coefficient (Wildman–Crippen LogP) is 2.48. The summed E-state index contributed by atoms with van der Waals surface area (Å²) in [6.45, 7) is 7.35. The van der Waals surface area contributed by atoms with Crippen molar-refractivity contribution < 1.29 is 10.2 Å². The van der Waals surface area contributed by atoms with Crippen molar-refractivity contribution in [3.63, 3.8) is 0 Å². The molecule has 2 nitrogen and oxygen atoms in total. The van der Waals surface area contributed by atoms with Gasteiger partial charge in [0.15, 0.2) is 0 Å². The molecule has 0 aromatic carbocycles. The first kappa shape index (κ1) is 12.9. The monoisotopic (exact) mass is 188 g/mol. The molecule has 0 heterocycles. The molecule has 0 spiro atoms. The third kappa shape index (κ3) is 11.9. The van der Waals surface area contributed by atoms with Gasteiger partial charge in [0.05, 0.1) is 11.2 Å². The third-order valence-corrected chi connectivity index (χ3v) is 2.08. The van der Waals surface area contributed by atoms with Crippen LogP contribution in [0.25, 0.3) is 0 Å². The van der Waals surface area contributed by atoms with Crippen molar-refractivity contribution in [3.05, 3.63) is 0 Å². The van der Waals surface area contributed by atoms with Crippen LogP contribution in [0.5, 0.6) is 0 Å². The molecule has 0 saturated heterocycles. The summed E-state index contributed by atoms with van der Waals surface area (Å²) in [7, 11) is 0. The minimum Gasteiger partial charge on any atom is -0.390 e. The van der Waals surface area contributed by atoms with Gasteiger partial charge in [-0.3, -0.25) is 0 Å². The van der Waals surface area contributed by atoms with Crippen LogP contribution in [-0.2, 0) is 0 Å². The zero-order chi connectivity index (χ0) is 10.5. The smallest absolute Gasteiger partial charge is 0.0591 e. The van der Waals surface area contributed by atoms with Gasteiger partial charge in [-0.1, -0.05) is 19.3 Å². The maximum Gasteiger partial charge on any atom is 0.0591 e. The lowest BCUT2D eigenvalue weighted by molar-refractivity contribution is 0.0607. The molecule has 0 amide bonds. The molecule has 0 bridgehead atoms. The molecule has 0 saturated carbocycles. The summed E-state index contributed by atoms with van der Waals surface area (Å²) in [4.78, 5) is 0. The molecule has 0 atom stereocenters. The highest BCUT2D eigenvalue weighted by molar-refractivity contribution is 4.67. The molecule has 0 aliphatic rings. The van der Waals surface area contributed by atoms with Crippen LogP contribution in [-0.4, -0.2) is 21.4 Å². The Kier molecular flexibility index (Phi) is 4.93. The van der Waals surface area contributed by atoms with Gasteiger partial charge in [0, 0.05) is 0 Å². The topological polar surface area (TPSA) is 40.5 Å². The van der Waals surface area contributed by atoms with Crippen LogP contribution >= 0.6 is 0 Å². The fourth-order valence-corrected chi connectivity index (χ4v) is 1.29. The highest BCUT2D eigenvalue weighted by atomic mass is 16.3. The minimum absolute atomic E-state index is 0.533. The summed E-state index contributed by atoms with van der Waals surface area (Å²) < 4.78 is 0. The van der Waals surface area contributed by atoms with Gasteiger partial charge in [0.25, 0.3) is 0 Å². The Morgan fingerprint density at radius 1 is 0.692 bits per heavy atom. The van der Waals surface area contributed by atoms with E-state index in [2.05, 4.69) is 0 Å². The van der Waals surface area contributed by atoms with E-state index in [0.717, 1.165) is 32.1 Å². The fraction of sp³-hybridized carbons (Fsp3) is 1.00. The number of rotatable bonds is 6. The first-order valence-electron chi connectivity index (χ1n) is 5.15. The summed E-state index contributed by atoms with van der Waals surface area (Å²) in [6.07, 6.45) is 4.87. The van der Waals surface area contributed by atoms with Gasteiger partial charge in [-0.05, 0) is 40.5 Å². The van der Waals surface area contributed by atoms with Gasteiger partial charge in [-0.25, -0.2) is 0 Å². The molecule has 2 heteroatoms. The Balaban J connectivity index is 3.28. The average molecular weight is 188 g/mol. The fourth-order valence-electron chi connectivity index (χ4n) is 1.29. The van der Waals surface area contributed by atoms with Gasteiger partial charge in [0.2, 0.25) is 0 Å². The van der Waals surface area contributed by atoms with Crippen molar-refractivity contribution in [2.24, 2.45) is 0 Å². The number of hydrogen-bond acceptors (Lipinski definition) is 2. The van der Waals surface area contributed by atoms with Crippen molar-refractivity contribution in [3.8, 4) is 0 Å². The number of hydrogen-bond donors (Lipinski definition) is 2. The largest absolute Gasteiger partial charge is 0.390 e. The SMILES string of the molecule is CC(C)(O)CCCCCC(C)(C)O. The van der Waals surface area contributed by atoms with E-state index < -0.39 is 11.2 Å². The van der Waals surface area contributed by atoms with E-state index >= 15 is 0 Å². The normalized spacial score (nSPS) is 13.4. The Hall–Kier alpha value is -0.0800. The maximum absolute atomic E-state index is 9.43. The first-order valence-corrected chi connectivity index (χ1v) is 5.15. The summed E-state index contributed by atoms with van der Waals surface area (Å²) >= 11 is 0. The molecule has 0 radical (unpaired) electrons. The highest BCUT2D eigenvalue weighted by Gasteiger charge is 2.13. The van der Waals surface area contributed by atoms with Crippen LogP contribution in [0.15, 0.2) is 0 Å². The zero-order valence-corrected chi connectivity index (χ0v) is 9.43. The van der Waals surface area contributed by atoms with E-state index in [1.165, 1.54) is 0 Å². The van der Waals surface area contributed by atoms with Crippen molar-refractivity contribution in [2.45, 2.75) is 71.0 Å². The summed E-state index contributed by atoms with van der Waals surface area (Å²) in [5, 5.41) is 18.9. The average Bonchev–Trinajstić information content (AvgIpc) is 1.81. The molecule has 0 rings (SSSR count). The van der Waals surface area contributed by atoms with E-state index in [4.69, 9.17) is 0 Å². The molecular formula is C11H24O2. The number of unbranched alkanes of at least 4 members (excludes halogenated alkanes) is 2. The van der Waals surface area contributed by atoms with E-state index in [1.807, 2.05) is 27.7 Å². The number of aliphatic hydroxyl groups is 2. The Morgan fingerprint density at radius 2 is 1.00 bits per heavy atom. The van der Waals surface area contributed by atoms with Crippen LogP contribution in [0.3, 0.4) is 0 Å². The summed E-state index contributed by atoms with van der Waals surface area (Å²) in [6, 6.07) is 0. The van der Waals surface area contributed by atoms with E-state index in [0.29, 0.717) is 0 Å². The Labute approximate surface area is 82.0 Å². The second-order valence-corrected chi connectivity index (χ2v) is 5.19. The summed E-state index contributed by atoms with van der Waals surface area (Å²) in [5.41, 5.74) is -1.07. The van der Waals surface area contributed by atoms with Crippen LogP contribution in [0.2, 0.25) is 0 Å². The lowest BCUT2D eigenvalue weighted by Gasteiger charge is -2.18. The lowest BCUT2D eigenvalue weighted by atomic mass is 9.97. The van der Waals surface area contributed by atoms with Crippen molar-refractivity contribution in [2.75, 3.05) is 0 Å². The quantitative estimate of drug-likeness (QED) is 0.629. The van der Waals surface area contributed by atoms with Crippen molar-refractivity contribution in [1.82, 2.24) is 0 Å². The Bertz CT molecular complexity index is 112. The molecule has 2 N–H and O–H groups in total. The first-order chi connectivity index (χ1) is 5.71. The second-order valence-electron chi connectivity index (χ2n) is 5.19. The molecule has 0 fully saturated rings. The van der Waals surface area contributed by atoms with Gasteiger partial charge in [0.1, 0.15) is 0 Å². The minimum atomic E-state index is -0.533. The molecule has 0 aromatic heterocycles. The summed E-state index contributed by atoms with van der Waals surface area (Å²) in [5.74, 6) is 0. The van der Waals surface area contributed by atoms with E-state index in [9.17, 15) is 10.2 Å². The highest BCUT2D eigenvalue weighted by Crippen LogP contribution is 2.17. The molecular weight excluding hydrogens is 164 g/mol. The van der Waals surface area contributed by atoms with Crippen LogP contribution in [0.1, 0.15) is 59.8 Å². The molecule has 13 heavy (non-hydrogen) atoms. The third-order valence-electron chi connectivity index (χ3n) is 2.08. The molecule has 0 aromatic rings. The predicted molar refractivity (Wildman–Crippen MR) is 55.7 cm³/mol. The molecule has 80 valence electrons. The van der Waals surface area contributed by atoms with E-state index in [-0.39, 0.29) is 0 Å². The van der Waals surface area contributed by atoms with Gasteiger partial charge in [-0.2, -0.15) is 0 Å². The van der Waals surface area contributed by atoms with Crippen LogP contribution in [0, 0.1) is 0 Å². The van der Waals surface area contributed by atoms with Crippen LogP contribution < -0.4 is 0 Å². The molecule has 0 unspecified atom stereocenters. The van der Waals surface area contributed by atoms with Gasteiger partial charge >= 0.3 is 0 Å². The van der Waals surface area contributed by atoms with Gasteiger partial charge in [-0.15, -0.1) is 0 Å². The van der Waals surface area contributed by atoms with Crippen molar-refractivity contribution in [1.29, 1.82) is 0 Å². The standard InChI is InChI=1S/C11H24O2/c1-10(2,12)8-6-5-7-9-11(3,4)13/h12-13H,5-9H2,1-4H3. The lowest BCUT2D eigenvalue weighted by Crippen LogP contribution is -2.19. The van der Waals surface area contributed by atoms with E-state index in [1.54, 1.807) is 0 Å². The van der Waals surface area contributed by atoms with Crippen molar-refractivity contribution >= 4 is 0 Å². The van der Waals surface area contributed by atoms with Gasteiger partial charge < -0.3 is 10.2 Å². The zero-order valence-electron chi connectivity index (χ0n) is 9.43. The maximum atomic E-state index is 9.43. The molecule has 0 aliphatic carbocycles.